The van der Waals surface area contributed by atoms with E-state index in [1.807, 2.05) is 24.3 Å². The monoisotopic (exact) mass is 383 g/mol. The maximum absolute atomic E-state index is 12.6. The summed E-state index contributed by atoms with van der Waals surface area (Å²) in [6.45, 7) is 0.135. The number of nitro groups is 1. The zero-order valence-corrected chi connectivity index (χ0v) is 15.8. The Labute approximate surface area is 162 Å². The van der Waals surface area contributed by atoms with E-state index in [0.29, 0.717) is 12.2 Å². The second-order valence-electron chi connectivity index (χ2n) is 6.71. The first-order chi connectivity index (χ1) is 13.4. The van der Waals surface area contributed by atoms with Crippen LogP contribution >= 0.6 is 0 Å². The lowest BCUT2D eigenvalue weighted by atomic mass is 10.0. The summed E-state index contributed by atoms with van der Waals surface area (Å²) in [6.07, 6.45) is 1.74. The van der Waals surface area contributed by atoms with Gasteiger partial charge in [0.2, 0.25) is 0 Å². The summed E-state index contributed by atoms with van der Waals surface area (Å²) in [5.74, 6) is -1.09. The minimum Gasteiger partial charge on any atom is -0.452 e. The molecule has 0 saturated heterocycles. The predicted octanol–water partition coefficient (Wildman–Crippen LogP) is 2.80. The Kier molecular flexibility index (Phi) is 5.58. The van der Waals surface area contributed by atoms with Gasteiger partial charge in [0, 0.05) is 38.5 Å². The highest BCUT2D eigenvalue weighted by atomic mass is 16.6. The topological polar surface area (TPSA) is 93.0 Å². The molecule has 146 valence electrons. The van der Waals surface area contributed by atoms with Crippen molar-refractivity contribution >= 4 is 28.9 Å². The summed E-state index contributed by atoms with van der Waals surface area (Å²) in [4.78, 5) is 38.9. The Morgan fingerprint density at radius 1 is 1.21 bits per heavy atom. The van der Waals surface area contributed by atoms with Crippen LogP contribution in [0, 0.1) is 10.1 Å². The van der Waals surface area contributed by atoms with E-state index in [2.05, 4.69) is 0 Å². The molecule has 3 rings (SSSR count). The van der Waals surface area contributed by atoms with Crippen LogP contribution in [-0.2, 0) is 16.0 Å². The highest BCUT2D eigenvalue weighted by molar-refractivity contribution is 6.00. The van der Waals surface area contributed by atoms with Crippen LogP contribution in [0.1, 0.15) is 22.3 Å². The Morgan fingerprint density at radius 2 is 1.96 bits per heavy atom. The molecule has 2 aromatic carbocycles. The van der Waals surface area contributed by atoms with Crippen LogP contribution in [0.4, 0.5) is 17.1 Å². The molecule has 1 amide bonds. The van der Waals surface area contributed by atoms with E-state index >= 15 is 0 Å². The highest BCUT2D eigenvalue weighted by Gasteiger charge is 2.25. The summed E-state index contributed by atoms with van der Waals surface area (Å²) in [6, 6.07) is 11.6. The normalized spacial score (nSPS) is 12.9. The van der Waals surface area contributed by atoms with Crippen LogP contribution in [0.15, 0.2) is 42.5 Å². The molecule has 0 spiro atoms. The fourth-order valence-electron chi connectivity index (χ4n) is 3.27. The number of nitro benzene ring substituents is 1. The molecule has 0 N–H and O–H groups in total. The molecule has 0 saturated carbocycles. The number of hydrogen-bond donors (Lipinski definition) is 0. The van der Waals surface area contributed by atoms with E-state index in [-0.39, 0.29) is 17.2 Å². The highest BCUT2D eigenvalue weighted by Crippen LogP contribution is 2.27. The van der Waals surface area contributed by atoms with Crippen molar-refractivity contribution in [1.82, 2.24) is 0 Å². The molecule has 1 aliphatic rings. The second kappa shape index (κ2) is 8.08. The van der Waals surface area contributed by atoms with Gasteiger partial charge in [0.05, 0.1) is 16.2 Å². The van der Waals surface area contributed by atoms with Crippen LogP contribution in [0.5, 0.6) is 0 Å². The Balaban J connectivity index is 1.75. The van der Waals surface area contributed by atoms with Gasteiger partial charge in [-0.15, -0.1) is 0 Å². The van der Waals surface area contributed by atoms with Crippen molar-refractivity contribution in [3.63, 3.8) is 0 Å². The molecule has 1 heterocycles. The van der Waals surface area contributed by atoms with Gasteiger partial charge in [-0.05, 0) is 30.5 Å². The smallest absolute Gasteiger partial charge is 0.341 e. The van der Waals surface area contributed by atoms with Crippen molar-refractivity contribution in [2.75, 3.05) is 37.0 Å². The molecule has 1 aliphatic heterocycles. The van der Waals surface area contributed by atoms with Gasteiger partial charge in [0.15, 0.2) is 6.61 Å². The molecule has 0 atom stereocenters. The van der Waals surface area contributed by atoms with Crippen LogP contribution in [0.25, 0.3) is 0 Å². The number of carbonyl (C=O) groups is 2. The average Bonchev–Trinajstić information content (AvgIpc) is 2.70. The fraction of sp³-hybridized carbons (Fsp3) is 0.300. The van der Waals surface area contributed by atoms with Crippen molar-refractivity contribution in [3.8, 4) is 0 Å². The average molecular weight is 383 g/mol. The molecule has 2 aromatic rings. The third kappa shape index (κ3) is 3.95. The lowest BCUT2D eigenvalue weighted by molar-refractivity contribution is -0.384. The number of ether oxygens (including phenoxy) is 1. The molecule has 0 radical (unpaired) electrons. The number of carbonyl (C=O) groups excluding carboxylic acids is 2. The van der Waals surface area contributed by atoms with E-state index in [1.54, 1.807) is 23.9 Å². The maximum atomic E-state index is 12.6. The van der Waals surface area contributed by atoms with Crippen LogP contribution in [0.2, 0.25) is 0 Å². The minimum atomic E-state index is -0.772. The summed E-state index contributed by atoms with van der Waals surface area (Å²) in [5.41, 5.74) is 2.23. The molecule has 0 aliphatic carbocycles. The minimum absolute atomic E-state index is 0.0473. The van der Waals surface area contributed by atoms with E-state index < -0.39 is 17.5 Å². The van der Waals surface area contributed by atoms with Gasteiger partial charge in [-0.1, -0.05) is 18.2 Å². The Hall–Kier alpha value is -3.42. The Bertz CT molecular complexity index is 926. The molecule has 8 heteroatoms. The van der Waals surface area contributed by atoms with E-state index in [9.17, 15) is 19.7 Å². The number of anilines is 2. The van der Waals surface area contributed by atoms with Crippen molar-refractivity contribution in [2.24, 2.45) is 0 Å². The zero-order chi connectivity index (χ0) is 20.3. The molecule has 0 unspecified atom stereocenters. The first-order valence-electron chi connectivity index (χ1n) is 8.89. The lowest BCUT2D eigenvalue weighted by Gasteiger charge is -2.29. The molecule has 28 heavy (non-hydrogen) atoms. The number of fused-ring (bicyclic) bond motifs is 1. The first kappa shape index (κ1) is 19.3. The van der Waals surface area contributed by atoms with Crippen LogP contribution < -0.4 is 9.80 Å². The number of benzene rings is 2. The molecule has 0 bridgehead atoms. The van der Waals surface area contributed by atoms with E-state index in [4.69, 9.17) is 4.74 Å². The molecule has 8 nitrogen and oxygen atoms in total. The molecule has 0 aromatic heterocycles. The number of nitrogens with zero attached hydrogens (tertiary/aromatic N) is 3. The van der Waals surface area contributed by atoms with Gasteiger partial charge in [-0.3, -0.25) is 14.9 Å². The SMILES string of the molecule is CN(C)c1ccc([N+](=O)[O-])cc1C(=O)OCC(=O)N1CCCc2ccccc21. The van der Waals surface area contributed by atoms with Gasteiger partial charge < -0.3 is 14.5 Å². The van der Waals surface area contributed by atoms with Crippen molar-refractivity contribution < 1.29 is 19.2 Å². The Morgan fingerprint density at radius 3 is 2.68 bits per heavy atom. The first-order valence-corrected chi connectivity index (χ1v) is 8.89. The van der Waals surface area contributed by atoms with Crippen molar-refractivity contribution in [3.05, 3.63) is 63.7 Å². The maximum Gasteiger partial charge on any atom is 0.341 e. The van der Waals surface area contributed by atoms with Gasteiger partial charge >= 0.3 is 5.97 Å². The number of amides is 1. The lowest BCUT2D eigenvalue weighted by Crippen LogP contribution is -2.38. The number of rotatable bonds is 5. The predicted molar refractivity (Wildman–Crippen MR) is 105 cm³/mol. The summed E-state index contributed by atoms with van der Waals surface area (Å²) >= 11 is 0. The van der Waals surface area contributed by atoms with Crippen LogP contribution in [0.3, 0.4) is 0 Å². The molecular formula is C20H21N3O5. The summed E-state index contributed by atoms with van der Waals surface area (Å²) in [7, 11) is 3.43. The van der Waals surface area contributed by atoms with Gasteiger partial charge in [-0.25, -0.2) is 4.79 Å². The van der Waals surface area contributed by atoms with Gasteiger partial charge in [0.25, 0.3) is 11.6 Å². The number of hydrogen-bond acceptors (Lipinski definition) is 6. The third-order valence-electron chi connectivity index (χ3n) is 4.63. The van der Waals surface area contributed by atoms with Crippen LogP contribution in [-0.4, -0.2) is 44.0 Å². The third-order valence-corrected chi connectivity index (χ3v) is 4.63. The van der Waals surface area contributed by atoms with Crippen molar-refractivity contribution in [1.29, 1.82) is 0 Å². The fourth-order valence-corrected chi connectivity index (χ4v) is 3.27. The zero-order valence-electron chi connectivity index (χ0n) is 15.8. The largest absolute Gasteiger partial charge is 0.452 e. The van der Waals surface area contributed by atoms with Gasteiger partial charge in [-0.2, -0.15) is 0 Å². The number of para-hydroxylation sites is 1. The molecule has 0 fully saturated rings. The number of aryl methyl sites for hydroxylation is 1. The number of esters is 1. The van der Waals surface area contributed by atoms with Crippen molar-refractivity contribution in [2.45, 2.75) is 12.8 Å². The van der Waals surface area contributed by atoms with Gasteiger partial charge in [0.1, 0.15) is 0 Å². The standard InChI is InChI=1S/C20H21N3O5/c1-21(2)18-10-9-15(23(26)27)12-16(18)20(25)28-13-19(24)22-11-5-7-14-6-3-4-8-17(14)22/h3-4,6,8-10,12H,5,7,11,13H2,1-2H3. The summed E-state index contributed by atoms with van der Waals surface area (Å²) in [5, 5.41) is 11.0. The number of non-ortho nitro benzene ring substituents is 1. The molecular weight excluding hydrogens is 362 g/mol. The quantitative estimate of drug-likeness (QED) is 0.448. The van der Waals surface area contributed by atoms with E-state index in [1.165, 1.54) is 18.2 Å². The second-order valence-corrected chi connectivity index (χ2v) is 6.71. The van der Waals surface area contributed by atoms with E-state index in [0.717, 1.165) is 24.1 Å². The summed E-state index contributed by atoms with van der Waals surface area (Å²) < 4.78 is 5.20.